The van der Waals surface area contributed by atoms with Crippen molar-refractivity contribution >= 4 is 41.4 Å². The topological polar surface area (TPSA) is 102 Å². The van der Waals surface area contributed by atoms with Crippen molar-refractivity contribution in [3.8, 4) is 17.3 Å². The van der Waals surface area contributed by atoms with Crippen LogP contribution in [0.1, 0.15) is 31.9 Å². The van der Waals surface area contributed by atoms with Crippen molar-refractivity contribution < 1.29 is 27.4 Å². The van der Waals surface area contributed by atoms with Crippen molar-refractivity contribution in [2.75, 3.05) is 19.7 Å². The van der Waals surface area contributed by atoms with E-state index in [2.05, 4.69) is 15.2 Å². The third kappa shape index (κ3) is 6.52. The lowest BCUT2D eigenvalue weighted by Crippen LogP contribution is -2.38. The Hall–Kier alpha value is -2.77. The van der Waals surface area contributed by atoms with Gasteiger partial charge >= 0.3 is 6.18 Å². The molecule has 2 atom stereocenters. The van der Waals surface area contributed by atoms with Gasteiger partial charge in [-0.2, -0.15) is 13.2 Å². The highest BCUT2D eigenvalue weighted by Gasteiger charge is 2.46. The first kappa shape index (κ1) is 30.8. The van der Waals surface area contributed by atoms with E-state index in [1.54, 1.807) is 12.1 Å². The molecule has 5 rings (SSSR count). The molecule has 212 valence electrons. The van der Waals surface area contributed by atoms with E-state index < -0.39 is 23.6 Å². The van der Waals surface area contributed by atoms with Crippen molar-refractivity contribution in [3.05, 3.63) is 54.0 Å². The molecule has 0 aliphatic carbocycles. The molecule has 0 saturated carbocycles. The normalized spacial score (nSPS) is 17.2. The molecule has 4 heterocycles. The number of alkyl halides is 3. The number of benzene rings is 1. The van der Waals surface area contributed by atoms with E-state index in [1.165, 1.54) is 53.6 Å². The molecule has 3 N–H and O–H groups in total. The van der Waals surface area contributed by atoms with Crippen LogP contribution in [0, 0.1) is 5.82 Å². The fraction of sp³-hybridized carbons (Fsp3) is 0.400. The Labute approximate surface area is 234 Å². The molecule has 4 aromatic rings. The Balaban J connectivity index is 0.00000210. The van der Waals surface area contributed by atoms with Crippen molar-refractivity contribution in [2.24, 2.45) is 5.73 Å². The molecule has 0 bridgehead atoms. The minimum atomic E-state index is -4.50. The largest absolute Gasteiger partial charge is 0.487 e. The van der Waals surface area contributed by atoms with Gasteiger partial charge in [0, 0.05) is 36.8 Å². The molecule has 0 spiro atoms. The number of nitrogens with zero attached hydrogens (tertiary/aromatic N) is 5. The zero-order valence-electron chi connectivity index (χ0n) is 21.0. The second kappa shape index (κ2) is 11.4. The van der Waals surface area contributed by atoms with E-state index in [0.717, 1.165) is 0 Å². The van der Waals surface area contributed by atoms with Gasteiger partial charge in [0.25, 0.3) is 0 Å². The van der Waals surface area contributed by atoms with E-state index in [4.69, 9.17) is 10.5 Å². The first-order valence-corrected chi connectivity index (χ1v) is 11.8. The molecule has 1 aliphatic heterocycles. The third-order valence-electron chi connectivity index (χ3n) is 6.23. The number of fused-ring (bicyclic) bond motifs is 2. The maximum Gasteiger partial charge on any atom is 0.408 e. The van der Waals surface area contributed by atoms with Gasteiger partial charge in [0.15, 0.2) is 23.0 Å². The van der Waals surface area contributed by atoms with Crippen LogP contribution in [0.25, 0.3) is 28.1 Å². The summed E-state index contributed by atoms with van der Waals surface area (Å²) in [5, 5.41) is 18.6. The Morgan fingerprint density at radius 2 is 1.87 bits per heavy atom. The molecule has 0 amide bonds. The van der Waals surface area contributed by atoms with Gasteiger partial charge in [0.1, 0.15) is 18.3 Å². The lowest BCUT2D eigenvalue weighted by atomic mass is 10.1. The molecule has 1 aliphatic rings. The van der Waals surface area contributed by atoms with E-state index >= 15 is 0 Å². The standard InChI is InChI=1S/C25H26F4N6O2.2ClH/c1-24(2,36)13-37-20-10-19-14(9-17(20)26)3-5-18(31-19)23-33-32-21-6-4-15(11-35(21)23)22(25(27,28)29)34-8-7-16(30)12-34;;/h3-6,9-11,16,22,36H,7-8,12-13,30H2,1-2H3;2*1H/t16-,22+;;/m0../s1. The molecule has 3 aromatic heterocycles. The number of aliphatic hydroxyl groups is 1. The van der Waals surface area contributed by atoms with Gasteiger partial charge in [-0.1, -0.05) is 12.1 Å². The summed E-state index contributed by atoms with van der Waals surface area (Å²) in [6.45, 7) is 3.34. The average molecular weight is 591 g/mol. The van der Waals surface area contributed by atoms with Crippen LogP contribution in [-0.2, 0) is 0 Å². The van der Waals surface area contributed by atoms with E-state index in [0.29, 0.717) is 28.7 Å². The van der Waals surface area contributed by atoms with Crippen LogP contribution in [0.3, 0.4) is 0 Å². The van der Waals surface area contributed by atoms with Gasteiger partial charge < -0.3 is 15.6 Å². The lowest BCUT2D eigenvalue weighted by Gasteiger charge is -2.30. The van der Waals surface area contributed by atoms with Crippen LogP contribution in [0.5, 0.6) is 5.75 Å². The Bertz CT molecular complexity index is 1460. The van der Waals surface area contributed by atoms with Gasteiger partial charge in [-0.05, 0) is 44.0 Å². The molecule has 8 nitrogen and oxygen atoms in total. The van der Waals surface area contributed by atoms with Gasteiger partial charge in [-0.25, -0.2) is 9.37 Å². The molecule has 14 heteroatoms. The zero-order chi connectivity index (χ0) is 26.5. The van der Waals surface area contributed by atoms with Crippen molar-refractivity contribution in [3.63, 3.8) is 0 Å². The van der Waals surface area contributed by atoms with Crippen LogP contribution < -0.4 is 10.5 Å². The number of ether oxygens (including phenoxy) is 1. The highest BCUT2D eigenvalue weighted by atomic mass is 35.5. The summed E-state index contributed by atoms with van der Waals surface area (Å²) in [6.07, 6.45) is -2.63. The number of hydrogen-bond acceptors (Lipinski definition) is 7. The maximum absolute atomic E-state index is 14.5. The maximum atomic E-state index is 14.5. The zero-order valence-corrected chi connectivity index (χ0v) is 22.7. The summed E-state index contributed by atoms with van der Waals surface area (Å²) in [5.74, 6) is -0.450. The molecular formula is C25H28Cl2F4N6O2. The van der Waals surface area contributed by atoms with Crippen molar-refractivity contribution in [1.29, 1.82) is 0 Å². The summed E-state index contributed by atoms with van der Waals surface area (Å²) in [5.41, 5.74) is 5.83. The van der Waals surface area contributed by atoms with Crippen LogP contribution in [0.2, 0.25) is 0 Å². The van der Waals surface area contributed by atoms with Gasteiger partial charge in [0.05, 0.1) is 11.1 Å². The van der Waals surface area contributed by atoms with Crippen LogP contribution in [-0.4, -0.2) is 67.1 Å². The van der Waals surface area contributed by atoms with E-state index in [-0.39, 0.29) is 67.7 Å². The number of halogens is 6. The highest BCUT2D eigenvalue weighted by Crippen LogP contribution is 2.39. The summed E-state index contributed by atoms with van der Waals surface area (Å²) in [7, 11) is 0. The molecule has 1 aromatic carbocycles. The molecule has 39 heavy (non-hydrogen) atoms. The van der Waals surface area contributed by atoms with Crippen LogP contribution >= 0.6 is 24.8 Å². The van der Waals surface area contributed by atoms with Gasteiger partial charge in [0.2, 0.25) is 0 Å². The third-order valence-corrected chi connectivity index (χ3v) is 6.23. The smallest absolute Gasteiger partial charge is 0.408 e. The van der Waals surface area contributed by atoms with Gasteiger partial charge in [-0.15, -0.1) is 35.0 Å². The van der Waals surface area contributed by atoms with Crippen molar-refractivity contribution in [2.45, 2.75) is 44.1 Å². The Morgan fingerprint density at radius 3 is 2.51 bits per heavy atom. The molecule has 1 saturated heterocycles. The Morgan fingerprint density at radius 1 is 1.13 bits per heavy atom. The SMILES string of the molecule is CC(C)(O)COc1cc2nc(-c3nnc4ccc([C@@H](N5CC[C@H](N)C5)C(F)(F)F)cn34)ccc2cc1F.Cl.Cl. The fourth-order valence-electron chi connectivity index (χ4n) is 4.51. The molecule has 0 unspecified atom stereocenters. The summed E-state index contributed by atoms with van der Waals surface area (Å²) >= 11 is 0. The predicted octanol–water partition coefficient (Wildman–Crippen LogP) is 4.71. The van der Waals surface area contributed by atoms with Crippen LogP contribution in [0.4, 0.5) is 17.6 Å². The number of aromatic nitrogens is 4. The molecule has 0 radical (unpaired) electrons. The fourth-order valence-corrected chi connectivity index (χ4v) is 4.51. The summed E-state index contributed by atoms with van der Waals surface area (Å²) in [4.78, 5) is 5.88. The first-order chi connectivity index (χ1) is 17.4. The van der Waals surface area contributed by atoms with E-state index in [9.17, 15) is 22.7 Å². The number of pyridine rings is 2. The first-order valence-electron chi connectivity index (χ1n) is 11.8. The predicted molar refractivity (Wildman–Crippen MR) is 143 cm³/mol. The lowest BCUT2D eigenvalue weighted by molar-refractivity contribution is -0.183. The summed E-state index contributed by atoms with van der Waals surface area (Å²) < 4.78 is 63.7. The highest BCUT2D eigenvalue weighted by molar-refractivity contribution is 5.85. The second-order valence-corrected chi connectivity index (χ2v) is 9.98. The minimum Gasteiger partial charge on any atom is -0.487 e. The second-order valence-electron chi connectivity index (χ2n) is 9.98. The number of hydrogen-bond donors (Lipinski definition) is 2. The quantitative estimate of drug-likeness (QED) is 0.313. The minimum absolute atomic E-state index is 0. The Kier molecular flexibility index (Phi) is 8.98. The average Bonchev–Trinajstić information content (AvgIpc) is 3.42. The molecule has 1 fully saturated rings. The molecular weight excluding hydrogens is 563 g/mol. The number of rotatable bonds is 6. The van der Waals surface area contributed by atoms with Crippen molar-refractivity contribution in [1.82, 2.24) is 24.5 Å². The van der Waals surface area contributed by atoms with E-state index in [1.807, 2.05) is 0 Å². The monoisotopic (exact) mass is 590 g/mol. The van der Waals surface area contributed by atoms with Crippen LogP contribution in [0.15, 0.2) is 42.6 Å². The van der Waals surface area contributed by atoms with Gasteiger partial charge in [-0.3, -0.25) is 9.30 Å². The summed E-state index contributed by atoms with van der Waals surface area (Å²) in [6, 6.07) is 6.68. The number of nitrogens with two attached hydrogens (primary N) is 1. The number of likely N-dealkylation sites (tertiary alicyclic amines) is 1.